The molecule has 1 fully saturated rings. The maximum Gasteiger partial charge on any atom is 0.265 e. The number of amides is 1. The Morgan fingerprint density at radius 3 is 3.00 bits per heavy atom. The molecule has 122 valence electrons. The van der Waals surface area contributed by atoms with Gasteiger partial charge in [0.05, 0.1) is 6.20 Å². The number of nitrogens with two attached hydrogens (primary N) is 1. The summed E-state index contributed by atoms with van der Waals surface area (Å²) in [6.45, 7) is 3.42. The highest BCUT2D eigenvalue weighted by molar-refractivity contribution is 7.16. The molecule has 2 aromatic rings. The number of halogens is 1. The topological polar surface area (TPSA) is 59.2 Å². The minimum Gasteiger partial charge on any atom is -0.338 e. The molecule has 1 aromatic heterocycles. The Labute approximate surface area is 139 Å². The molecule has 0 spiro atoms. The minimum atomic E-state index is -0.323. The van der Waals surface area contributed by atoms with Gasteiger partial charge in [-0.1, -0.05) is 12.1 Å². The van der Waals surface area contributed by atoms with Crippen LogP contribution in [-0.4, -0.2) is 34.9 Å². The molecule has 1 aliphatic rings. The Bertz CT molecular complexity index is 701. The van der Waals surface area contributed by atoms with Crippen LogP contribution in [0.15, 0.2) is 30.5 Å². The molecule has 23 heavy (non-hydrogen) atoms. The molecule has 2 heterocycles. The van der Waals surface area contributed by atoms with E-state index in [2.05, 4.69) is 4.98 Å². The Morgan fingerprint density at radius 1 is 1.48 bits per heavy atom. The van der Waals surface area contributed by atoms with E-state index in [0.29, 0.717) is 27.9 Å². The van der Waals surface area contributed by atoms with Crippen molar-refractivity contribution < 1.29 is 9.18 Å². The predicted octanol–water partition coefficient (Wildman–Crippen LogP) is 3.15. The van der Waals surface area contributed by atoms with Crippen molar-refractivity contribution in [1.29, 1.82) is 0 Å². The van der Waals surface area contributed by atoms with Crippen molar-refractivity contribution in [2.24, 2.45) is 11.7 Å². The highest BCUT2D eigenvalue weighted by Gasteiger charge is 2.27. The van der Waals surface area contributed by atoms with Gasteiger partial charge in [0.1, 0.15) is 15.7 Å². The largest absolute Gasteiger partial charge is 0.338 e. The maximum atomic E-state index is 13.8. The standard InChI is InChI=1S/C17H20FN3OS/c1-11(19)12-5-4-8-21(10-12)17(22)15-9-20-16(23-15)13-6-2-3-7-14(13)18/h2-3,6-7,9,11-12H,4-5,8,10,19H2,1H3/t11-,12-/m1/s1. The molecule has 0 bridgehead atoms. The summed E-state index contributed by atoms with van der Waals surface area (Å²) in [5.41, 5.74) is 6.41. The second-order valence-corrected chi connectivity index (χ2v) is 7.05. The van der Waals surface area contributed by atoms with E-state index in [1.807, 2.05) is 11.8 Å². The molecule has 0 radical (unpaired) electrons. The van der Waals surface area contributed by atoms with Crippen LogP contribution in [0.2, 0.25) is 0 Å². The number of nitrogens with zero attached hydrogens (tertiary/aromatic N) is 2. The molecule has 6 heteroatoms. The Morgan fingerprint density at radius 2 is 2.26 bits per heavy atom. The first kappa shape index (κ1) is 16.1. The molecule has 4 nitrogen and oxygen atoms in total. The molecule has 1 aromatic carbocycles. The van der Waals surface area contributed by atoms with E-state index in [4.69, 9.17) is 5.73 Å². The number of likely N-dealkylation sites (tertiary alicyclic amines) is 1. The number of rotatable bonds is 3. The van der Waals surface area contributed by atoms with Crippen LogP contribution in [0.5, 0.6) is 0 Å². The van der Waals surface area contributed by atoms with Gasteiger partial charge in [0.2, 0.25) is 0 Å². The first-order valence-corrected chi connectivity index (χ1v) is 8.63. The molecule has 0 saturated carbocycles. The first-order valence-electron chi connectivity index (χ1n) is 7.82. The predicted molar refractivity (Wildman–Crippen MR) is 89.8 cm³/mol. The van der Waals surface area contributed by atoms with Crippen LogP contribution in [0.1, 0.15) is 29.4 Å². The summed E-state index contributed by atoms with van der Waals surface area (Å²) in [5.74, 6) is -0.0158. The maximum absolute atomic E-state index is 13.8. The molecule has 1 saturated heterocycles. The zero-order chi connectivity index (χ0) is 16.4. The summed E-state index contributed by atoms with van der Waals surface area (Å²) in [5, 5.41) is 0.534. The van der Waals surface area contributed by atoms with Crippen LogP contribution in [0.25, 0.3) is 10.6 Å². The molecule has 1 amide bonds. The van der Waals surface area contributed by atoms with E-state index in [0.717, 1.165) is 19.4 Å². The SMILES string of the molecule is C[C@@H](N)[C@@H]1CCCN(C(=O)c2cnc(-c3ccccc3F)s2)C1. The lowest BCUT2D eigenvalue weighted by Gasteiger charge is -2.34. The van der Waals surface area contributed by atoms with E-state index in [1.165, 1.54) is 17.4 Å². The molecular formula is C17H20FN3OS. The zero-order valence-corrected chi connectivity index (χ0v) is 13.9. The molecule has 0 aliphatic carbocycles. The van der Waals surface area contributed by atoms with Crippen LogP contribution in [0.4, 0.5) is 4.39 Å². The average molecular weight is 333 g/mol. The van der Waals surface area contributed by atoms with Crippen molar-refractivity contribution in [2.45, 2.75) is 25.8 Å². The van der Waals surface area contributed by atoms with E-state index in [1.54, 1.807) is 24.4 Å². The third kappa shape index (κ3) is 3.43. The van der Waals surface area contributed by atoms with Gasteiger partial charge in [-0.05, 0) is 37.8 Å². The second kappa shape index (κ2) is 6.76. The summed E-state index contributed by atoms with van der Waals surface area (Å²) >= 11 is 1.24. The third-order valence-corrected chi connectivity index (χ3v) is 5.33. The second-order valence-electron chi connectivity index (χ2n) is 6.02. The fraction of sp³-hybridized carbons (Fsp3) is 0.412. The van der Waals surface area contributed by atoms with Crippen molar-refractivity contribution in [1.82, 2.24) is 9.88 Å². The molecule has 0 unspecified atom stereocenters. The minimum absolute atomic E-state index is 0.0320. The number of piperidine rings is 1. The highest BCUT2D eigenvalue weighted by atomic mass is 32.1. The van der Waals surface area contributed by atoms with Gasteiger partial charge < -0.3 is 10.6 Å². The number of thiazole rings is 1. The quantitative estimate of drug-likeness (QED) is 0.939. The van der Waals surface area contributed by atoms with E-state index >= 15 is 0 Å². The Hall–Kier alpha value is -1.79. The normalized spacial score (nSPS) is 19.6. The number of hydrogen-bond acceptors (Lipinski definition) is 4. The van der Waals surface area contributed by atoms with Crippen molar-refractivity contribution in [2.75, 3.05) is 13.1 Å². The number of carbonyl (C=O) groups is 1. The fourth-order valence-corrected chi connectivity index (χ4v) is 3.82. The van der Waals surface area contributed by atoms with Crippen molar-refractivity contribution in [3.05, 3.63) is 41.2 Å². The van der Waals surface area contributed by atoms with Crippen molar-refractivity contribution >= 4 is 17.2 Å². The summed E-state index contributed by atoms with van der Waals surface area (Å²) in [6, 6.07) is 6.56. The van der Waals surface area contributed by atoms with Gasteiger partial charge in [-0.3, -0.25) is 4.79 Å². The lowest BCUT2D eigenvalue weighted by molar-refractivity contribution is 0.0665. The van der Waals surface area contributed by atoms with Crippen molar-refractivity contribution in [3.8, 4) is 10.6 Å². The van der Waals surface area contributed by atoms with Crippen LogP contribution in [-0.2, 0) is 0 Å². The average Bonchev–Trinajstić information content (AvgIpc) is 3.04. The summed E-state index contributed by atoms with van der Waals surface area (Å²) in [4.78, 5) is 19.3. The molecule has 2 N–H and O–H groups in total. The van der Waals surface area contributed by atoms with E-state index < -0.39 is 0 Å². The lowest BCUT2D eigenvalue weighted by Crippen LogP contribution is -2.44. The number of benzene rings is 1. The first-order chi connectivity index (χ1) is 11.1. The molecule has 2 atom stereocenters. The molecule has 1 aliphatic heterocycles. The smallest absolute Gasteiger partial charge is 0.265 e. The van der Waals surface area contributed by atoms with E-state index in [9.17, 15) is 9.18 Å². The van der Waals surface area contributed by atoms with Gasteiger partial charge in [-0.15, -0.1) is 11.3 Å². The Kier molecular flexibility index (Phi) is 4.73. The third-order valence-electron chi connectivity index (χ3n) is 4.31. The zero-order valence-electron chi connectivity index (χ0n) is 13.0. The Balaban J connectivity index is 1.78. The van der Waals surface area contributed by atoms with Gasteiger partial charge in [-0.2, -0.15) is 0 Å². The summed E-state index contributed by atoms with van der Waals surface area (Å²) in [6.07, 6.45) is 3.58. The number of hydrogen-bond donors (Lipinski definition) is 1. The van der Waals surface area contributed by atoms with Gasteiger partial charge in [0.25, 0.3) is 5.91 Å². The van der Waals surface area contributed by atoms with Gasteiger partial charge >= 0.3 is 0 Å². The van der Waals surface area contributed by atoms with Crippen LogP contribution in [0.3, 0.4) is 0 Å². The monoisotopic (exact) mass is 333 g/mol. The number of aromatic nitrogens is 1. The summed E-state index contributed by atoms with van der Waals surface area (Å²) in [7, 11) is 0. The van der Waals surface area contributed by atoms with Gasteiger partial charge in [-0.25, -0.2) is 9.37 Å². The highest BCUT2D eigenvalue weighted by Crippen LogP contribution is 2.29. The van der Waals surface area contributed by atoms with Crippen LogP contribution in [0, 0.1) is 11.7 Å². The van der Waals surface area contributed by atoms with Crippen molar-refractivity contribution in [3.63, 3.8) is 0 Å². The number of carbonyl (C=O) groups excluding carboxylic acids is 1. The van der Waals surface area contributed by atoms with E-state index in [-0.39, 0.29) is 17.8 Å². The van der Waals surface area contributed by atoms with Crippen LogP contribution < -0.4 is 5.73 Å². The van der Waals surface area contributed by atoms with Crippen LogP contribution >= 0.6 is 11.3 Å². The summed E-state index contributed by atoms with van der Waals surface area (Å²) < 4.78 is 13.8. The lowest BCUT2D eigenvalue weighted by atomic mass is 9.92. The molecular weight excluding hydrogens is 313 g/mol. The van der Waals surface area contributed by atoms with Gasteiger partial charge in [0, 0.05) is 24.7 Å². The van der Waals surface area contributed by atoms with Gasteiger partial charge in [0.15, 0.2) is 0 Å². The fourth-order valence-electron chi connectivity index (χ4n) is 2.91. The molecule has 3 rings (SSSR count).